The zero-order valence-electron chi connectivity index (χ0n) is 17.7. The third-order valence-corrected chi connectivity index (χ3v) is 5.90. The van der Waals surface area contributed by atoms with Crippen LogP contribution >= 0.6 is 7.82 Å². The molecule has 2 atom stereocenters. The topological polar surface area (TPSA) is 55.8 Å². The Morgan fingerprint density at radius 1 is 0.731 bits per heavy atom. The second-order valence-electron chi connectivity index (χ2n) is 7.47. The Morgan fingerprint density at radius 2 is 1.19 bits per heavy atom. The average molecular weight is 393 g/mol. The summed E-state index contributed by atoms with van der Waals surface area (Å²) in [5.41, 5.74) is 0. The van der Waals surface area contributed by atoms with Crippen molar-refractivity contribution < 1.29 is 18.5 Å². The summed E-state index contributed by atoms with van der Waals surface area (Å²) in [5.74, 6) is 0. The lowest BCUT2D eigenvalue weighted by Gasteiger charge is -2.19. The highest BCUT2D eigenvalue weighted by Crippen LogP contribution is 2.45. The van der Waals surface area contributed by atoms with Crippen LogP contribution in [0.25, 0.3) is 0 Å². The van der Waals surface area contributed by atoms with E-state index in [1.165, 1.54) is 77.0 Å². The zero-order valence-corrected chi connectivity index (χ0v) is 18.6. The van der Waals surface area contributed by atoms with Crippen molar-refractivity contribution in [3.8, 4) is 0 Å². The first-order chi connectivity index (χ1) is 12.6. The van der Waals surface area contributed by atoms with Gasteiger partial charge >= 0.3 is 7.82 Å². The summed E-state index contributed by atoms with van der Waals surface area (Å²) in [5, 5.41) is 0. The lowest BCUT2D eigenvalue weighted by atomic mass is 10.0. The molecule has 0 rings (SSSR count). The normalized spacial score (nSPS) is 15.1. The van der Waals surface area contributed by atoms with Crippen molar-refractivity contribution in [2.45, 2.75) is 130 Å². The van der Waals surface area contributed by atoms with Crippen LogP contribution in [-0.4, -0.2) is 17.6 Å². The average Bonchev–Trinajstić information content (AvgIpc) is 2.62. The Kier molecular flexibility index (Phi) is 18.6. The number of phosphoric ester groups is 1. The van der Waals surface area contributed by atoms with E-state index in [-0.39, 0.29) is 12.7 Å². The Hall–Kier alpha value is 0.110. The number of rotatable bonds is 20. The minimum Gasteiger partial charge on any atom is -0.302 e. The molecule has 26 heavy (non-hydrogen) atoms. The summed E-state index contributed by atoms with van der Waals surface area (Å²) < 4.78 is 22.0. The molecule has 1 N–H and O–H groups in total. The van der Waals surface area contributed by atoms with Crippen LogP contribution in [0.3, 0.4) is 0 Å². The van der Waals surface area contributed by atoms with Gasteiger partial charge in [0.25, 0.3) is 0 Å². The van der Waals surface area contributed by atoms with Crippen LogP contribution in [0.4, 0.5) is 0 Å². The summed E-state index contributed by atoms with van der Waals surface area (Å²) >= 11 is 0. The monoisotopic (exact) mass is 392 g/mol. The highest BCUT2D eigenvalue weighted by Gasteiger charge is 2.25. The molecule has 4 nitrogen and oxygen atoms in total. The molecule has 0 spiro atoms. The maximum atomic E-state index is 11.8. The molecule has 0 aliphatic heterocycles. The van der Waals surface area contributed by atoms with Crippen molar-refractivity contribution in [2.24, 2.45) is 0 Å². The summed E-state index contributed by atoms with van der Waals surface area (Å²) in [4.78, 5) is 9.66. The van der Waals surface area contributed by atoms with Crippen LogP contribution in [0, 0.1) is 0 Å². The molecule has 5 heteroatoms. The van der Waals surface area contributed by atoms with Crippen molar-refractivity contribution in [3.63, 3.8) is 0 Å². The van der Waals surface area contributed by atoms with E-state index >= 15 is 0 Å². The fraction of sp³-hybridized carbons (Fsp3) is 1.00. The molecule has 0 aliphatic rings. The highest BCUT2D eigenvalue weighted by molar-refractivity contribution is 7.47. The molecular formula is C21H45O4P. The lowest BCUT2D eigenvalue weighted by Crippen LogP contribution is -2.11. The van der Waals surface area contributed by atoms with Crippen LogP contribution in [0.15, 0.2) is 0 Å². The number of unbranched alkanes of at least 4 members (excludes halogenated alkanes) is 12. The Labute approximate surface area is 163 Å². The fourth-order valence-electron chi connectivity index (χ4n) is 3.15. The Morgan fingerprint density at radius 3 is 1.62 bits per heavy atom. The standard InChI is InChI=1S/C21H45O4P/c1-4-7-8-9-10-11-12-13-14-15-16-17-18-19-21(6-3)25-26(22,23)24-20-5-2/h21H,4-20H2,1-3H3,(H,22,23). The van der Waals surface area contributed by atoms with Crippen molar-refractivity contribution in [2.75, 3.05) is 6.61 Å². The van der Waals surface area contributed by atoms with Crippen LogP contribution < -0.4 is 0 Å². The Balaban J connectivity index is 3.48. The SMILES string of the molecule is CCCCCCCCCCCCCCCC(CC)OP(=O)(O)OCCC. The predicted octanol–water partition coefficient (Wildman–Crippen LogP) is 7.79. The van der Waals surface area contributed by atoms with Gasteiger partial charge in [-0.05, 0) is 19.3 Å². The maximum absolute atomic E-state index is 11.8. The number of hydrogen-bond donors (Lipinski definition) is 1. The van der Waals surface area contributed by atoms with E-state index < -0.39 is 7.82 Å². The minimum atomic E-state index is -3.87. The molecule has 0 saturated carbocycles. The molecule has 2 unspecified atom stereocenters. The first kappa shape index (κ1) is 26.1. The molecule has 0 amide bonds. The maximum Gasteiger partial charge on any atom is 0.472 e. The van der Waals surface area contributed by atoms with Gasteiger partial charge in [-0.25, -0.2) is 4.57 Å². The molecule has 0 fully saturated rings. The van der Waals surface area contributed by atoms with Crippen molar-refractivity contribution in [3.05, 3.63) is 0 Å². The van der Waals surface area contributed by atoms with Gasteiger partial charge in [0.1, 0.15) is 0 Å². The summed E-state index contributed by atoms with van der Waals surface area (Å²) in [7, 11) is -3.87. The van der Waals surface area contributed by atoms with Crippen LogP contribution in [0.2, 0.25) is 0 Å². The second kappa shape index (κ2) is 18.5. The van der Waals surface area contributed by atoms with E-state index in [0.717, 1.165) is 19.3 Å². The van der Waals surface area contributed by atoms with Gasteiger partial charge in [0.2, 0.25) is 0 Å². The van der Waals surface area contributed by atoms with E-state index in [0.29, 0.717) is 6.42 Å². The van der Waals surface area contributed by atoms with Gasteiger partial charge in [-0.3, -0.25) is 9.05 Å². The molecule has 0 aliphatic carbocycles. The molecule has 0 aromatic carbocycles. The third kappa shape index (κ3) is 17.5. The summed E-state index contributed by atoms with van der Waals surface area (Å²) in [6.45, 7) is 6.43. The van der Waals surface area contributed by atoms with Gasteiger partial charge in [0, 0.05) is 0 Å². The molecule has 0 bridgehead atoms. The third-order valence-electron chi connectivity index (χ3n) is 4.83. The van der Waals surface area contributed by atoms with Gasteiger partial charge in [0.15, 0.2) is 0 Å². The molecule has 0 radical (unpaired) electrons. The summed E-state index contributed by atoms with van der Waals surface area (Å²) in [6, 6.07) is 0. The quantitative estimate of drug-likeness (QED) is 0.170. The second-order valence-corrected chi connectivity index (χ2v) is 8.87. The first-order valence-corrected chi connectivity index (χ1v) is 12.7. The molecular weight excluding hydrogens is 347 g/mol. The van der Waals surface area contributed by atoms with Crippen LogP contribution in [0.1, 0.15) is 124 Å². The largest absolute Gasteiger partial charge is 0.472 e. The summed E-state index contributed by atoms with van der Waals surface area (Å²) in [6.07, 6.45) is 19.4. The van der Waals surface area contributed by atoms with Crippen LogP contribution in [-0.2, 0) is 13.6 Å². The lowest BCUT2D eigenvalue weighted by molar-refractivity contribution is 0.0954. The van der Waals surface area contributed by atoms with E-state index in [1.54, 1.807) is 0 Å². The van der Waals surface area contributed by atoms with E-state index in [1.807, 2.05) is 13.8 Å². The van der Waals surface area contributed by atoms with E-state index in [9.17, 15) is 9.46 Å². The molecule has 0 aromatic rings. The van der Waals surface area contributed by atoms with Gasteiger partial charge in [0.05, 0.1) is 12.7 Å². The molecule has 158 valence electrons. The van der Waals surface area contributed by atoms with Crippen molar-refractivity contribution in [1.82, 2.24) is 0 Å². The first-order valence-electron chi connectivity index (χ1n) is 11.2. The van der Waals surface area contributed by atoms with Gasteiger partial charge in [-0.15, -0.1) is 0 Å². The number of phosphoric acid groups is 1. The van der Waals surface area contributed by atoms with Crippen molar-refractivity contribution in [1.29, 1.82) is 0 Å². The smallest absolute Gasteiger partial charge is 0.302 e. The highest BCUT2D eigenvalue weighted by atomic mass is 31.2. The minimum absolute atomic E-state index is 0.171. The van der Waals surface area contributed by atoms with Gasteiger partial charge < -0.3 is 4.89 Å². The molecule has 0 heterocycles. The molecule has 0 saturated heterocycles. The Bertz CT molecular complexity index is 336. The number of hydrogen-bond acceptors (Lipinski definition) is 3. The van der Waals surface area contributed by atoms with E-state index in [4.69, 9.17) is 9.05 Å². The van der Waals surface area contributed by atoms with Gasteiger partial charge in [-0.1, -0.05) is 104 Å². The predicted molar refractivity (Wildman–Crippen MR) is 112 cm³/mol. The van der Waals surface area contributed by atoms with Crippen molar-refractivity contribution >= 4 is 7.82 Å². The zero-order chi connectivity index (χ0) is 19.5. The fourth-order valence-corrected chi connectivity index (χ4v) is 4.25. The van der Waals surface area contributed by atoms with Crippen LogP contribution in [0.5, 0.6) is 0 Å². The van der Waals surface area contributed by atoms with Gasteiger partial charge in [-0.2, -0.15) is 0 Å². The molecule has 0 aromatic heterocycles. The van der Waals surface area contributed by atoms with E-state index in [2.05, 4.69) is 6.92 Å².